The van der Waals surface area contributed by atoms with Gasteiger partial charge in [0.1, 0.15) is 35.7 Å². The fraction of sp³-hybridized carbons (Fsp3) is 0.429. The maximum absolute atomic E-state index is 13.5. The third-order valence-electron chi connectivity index (χ3n) is 7.32. The summed E-state index contributed by atoms with van der Waals surface area (Å²) in [4.78, 5) is 19.1. The normalized spacial score (nSPS) is 17.3. The Kier molecular flexibility index (Phi) is 8.01. The maximum atomic E-state index is 13.5. The predicted molar refractivity (Wildman–Crippen MR) is 143 cm³/mol. The Bertz CT molecular complexity index is 1520. The minimum Gasteiger partial charge on any atom is -0.486 e. The van der Waals surface area contributed by atoms with Gasteiger partial charge in [-0.1, -0.05) is 24.3 Å². The third-order valence-corrected chi connectivity index (χ3v) is 7.32. The second kappa shape index (κ2) is 11.4. The molecule has 15 heteroatoms. The van der Waals surface area contributed by atoms with Crippen LogP contribution in [0.4, 0.5) is 26.3 Å². The molecule has 2 aliphatic carbocycles. The molecule has 2 fully saturated rings. The molecule has 0 atom stereocenters. The Labute approximate surface area is 242 Å². The number of nitrogens with two attached hydrogens (primary N) is 1. The number of ether oxygens (including phenoxy) is 3. The highest BCUT2D eigenvalue weighted by Crippen LogP contribution is 2.57. The lowest BCUT2D eigenvalue weighted by atomic mass is 10.1. The number of methoxy groups -OCH3 is 1. The van der Waals surface area contributed by atoms with E-state index in [0.717, 1.165) is 12.8 Å². The van der Waals surface area contributed by atoms with Gasteiger partial charge in [-0.05, 0) is 31.2 Å². The van der Waals surface area contributed by atoms with E-state index in [0.29, 0.717) is 28.6 Å². The van der Waals surface area contributed by atoms with E-state index < -0.39 is 30.1 Å². The fourth-order valence-electron chi connectivity index (χ4n) is 4.39. The maximum Gasteiger partial charge on any atom is 0.432 e. The molecule has 43 heavy (non-hydrogen) atoms. The molecule has 3 aromatic rings. The molecule has 5 rings (SSSR count). The van der Waals surface area contributed by atoms with Gasteiger partial charge < -0.3 is 24.9 Å². The average molecular weight is 611 g/mol. The molecule has 2 saturated carbocycles. The van der Waals surface area contributed by atoms with Crippen molar-refractivity contribution in [3.63, 3.8) is 0 Å². The predicted octanol–water partition coefficient (Wildman–Crippen LogP) is 5.94. The monoisotopic (exact) mass is 610 g/mol. The van der Waals surface area contributed by atoms with Crippen molar-refractivity contribution >= 4 is 11.3 Å². The minimum atomic E-state index is -4.56. The SMILES string of the molecule is CN=C(C(=C(N)OC)c1ncc(OCC2(C(F)(F)F)CC2)c(OCc2ccc(-c3ncc(C(F)(F)F)[nH]3)cc2)n1)C1CC1. The molecule has 0 radical (unpaired) electrons. The van der Waals surface area contributed by atoms with Gasteiger partial charge in [0.25, 0.3) is 5.88 Å². The van der Waals surface area contributed by atoms with Crippen molar-refractivity contribution < 1.29 is 40.6 Å². The molecule has 230 valence electrons. The number of aromatic amines is 1. The van der Waals surface area contributed by atoms with Crippen molar-refractivity contribution in [3.8, 4) is 23.0 Å². The Morgan fingerprint density at radius 2 is 1.74 bits per heavy atom. The summed E-state index contributed by atoms with van der Waals surface area (Å²) in [6, 6.07) is 6.33. The highest BCUT2D eigenvalue weighted by atomic mass is 19.4. The quantitative estimate of drug-likeness (QED) is 0.157. The van der Waals surface area contributed by atoms with Crippen LogP contribution in [0.3, 0.4) is 0 Å². The summed E-state index contributed by atoms with van der Waals surface area (Å²) in [5.41, 5.74) is 5.21. The Hall–Kier alpha value is -4.30. The van der Waals surface area contributed by atoms with Gasteiger partial charge in [-0.3, -0.25) is 4.99 Å². The summed E-state index contributed by atoms with van der Waals surface area (Å²) in [5.74, 6) is 0.0688. The Balaban J connectivity index is 1.40. The van der Waals surface area contributed by atoms with Crippen LogP contribution < -0.4 is 15.2 Å². The average Bonchev–Trinajstić information content (AvgIpc) is 3.90. The summed E-state index contributed by atoms with van der Waals surface area (Å²) in [6.07, 6.45) is -5.36. The summed E-state index contributed by atoms with van der Waals surface area (Å²) in [5, 5.41) is 0. The number of hydrogen-bond donors (Lipinski definition) is 2. The number of allylic oxidation sites excluding steroid dienone is 1. The molecule has 2 aromatic heterocycles. The van der Waals surface area contributed by atoms with Crippen LogP contribution in [0, 0.1) is 11.3 Å². The van der Waals surface area contributed by atoms with Gasteiger partial charge in [0, 0.05) is 18.5 Å². The number of H-pyrrole nitrogens is 1. The van der Waals surface area contributed by atoms with Crippen LogP contribution >= 0.6 is 0 Å². The number of nitrogens with zero attached hydrogens (tertiary/aromatic N) is 4. The molecule has 2 heterocycles. The van der Waals surface area contributed by atoms with Crippen molar-refractivity contribution in [1.29, 1.82) is 0 Å². The number of aliphatic imine (C=N–C) groups is 1. The van der Waals surface area contributed by atoms with Gasteiger partial charge in [0.05, 0.1) is 25.2 Å². The molecule has 0 amide bonds. The second-order valence-electron chi connectivity index (χ2n) is 10.4. The van der Waals surface area contributed by atoms with E-state index in [-0.39, 0.29) is 54.5 Å². The highest BCUT2D eigenvalue weighted by molar-refractivity contribution is 6.25. The van der Waals surface area contributed by atoms with Crippen LogP contribution in [-0.4, -0.2) is 52.6 Å². The minimum absolute atomic E-state index is 0.0170. The molecule has 0 saturated heterocycles. The number of alkyl halides is 6. The molecular weight excluding hydrogens is 582 g/mol. The summed E-state index contributed by atoms with van der Waals surface area (Å²) in [6.45, 7) is -0.723. The number of halogens is 6. The first-order valence-electron chi connectivity index (χ1n) is 13.3. The van der Waals surface area contributed by atoms with Gasteiger partial charge in [-0.15, -0.1) is 0 Å². The topological polar surface area (TPSA) is 121 Å². The van der Waals surface area contributed by atoms with E-state index in [4.69, 9.17) is 19.9 Å². The van der Waals surface area contributed by atoms with Gasteiger partial charge in [0.15, 0.2) is 17.5 Å². The first-order chi connectivity index (χ1) is 20.3. The summed E-state index contributed by atoms with van der Waals surface area (Å²) >= 11 is 0. The molecule has 0 bridgehead atoms. The highest BCUT2D eigenvalue weighted by Gasteiger charge is 2.64. The van der Waals surface area contributed by atoms with Crippen LogP contribution in [0.2, 0.25) is 0 Å². The van der Waals surface area contributed by atoms with E-state index in [9.17, 15) is 26.3 Å². The van der Waals surface area contributed by atoms with Crippen LogP contribution in [0.5, 0.6) is 11.6 Å². The van der Waals surface area contributed by atoms with E-state index >= 15 is 0 Å². The van der Waals surface area contributed by atoms with Gasteiger partial charge >= 0.3 is 12.4 Å². The molecule has 9 nitrogen and oxygen atoms in total. The van der Waals surface area contributed by atoms with E-state index in [1.807, 2.05) is 0 Å². The molecule has 0 spiro atoms. The number of hydrogen-bond acceptors (Lipinski definition) is 8. The molecule has 0 aliphatic heterocycles. The van der Waals surface area contributed by atoms with Crippen molar-refractivity contribution in [2.75, 3.05) is 20.8 Å². The van der Waals surface area contributed by atoms with Crippen LogP contribution in [0.25, 0.3) is 17.0 Å². The first-order valence-corrected chi connectivity index (χ1v) is 13.3. The van der Waals surface area contributed by atoms with Crippen molar-refractivity contribution in [1.82, 2.24) is 19.9 Å². The smallest absolute Gasteiger partial charge is 0.432 e. The molecule has 0 unspecified atom stereocenters. The van der Waals surface area contributed by atoms with Crippen LogP contribution in [0.1, 0.15) is 42.8 Å². The zero-order chi connectivity index (χ0) is 31.0. The Morgan fingerprint density at radius 1 is 1.05 bits per heavy atom. The number of benzene rings is 1. The molecule has 1 aromatic carbocycles. The first kappa shape index (κ1) is 30.2. The molecule has 2 aliphatic rings. The Morgan fingerprint density at radius 3 is 2.28 bits per heavy atom. The van der Waals surface area contributed by atoms with Crippen molar-refractivity contribution in [2.45, 2.75) is 44.6 Å². The lowest BCUT2D eigenvalue weighted by molar-refractivity contribution is -0.194. The number of aromatic nitrogens is 4. The van der Waals surface area contributed by atoms with E-state index in [2.05, 4.69) is 24.9 Å². The zero-order valence-corrected chi connectivity index (χ0v) is 23.1. The van der Waals surface area contributed by atoms with Crippen molar-refractivity contribution in [3.05, 3.63) is 59.6 Å². The second-order valence-corrected chi connectivity index (χ2v) is 10.4. The number of rotatable bonds is 11. The van der Waals surface area contributed by atoms with E-state index in [1.54, 1.807) is 31.3 Å². The third kappa shape index (κ3) is 6.54. The molecule has 3 N–H and O–H groups in total. The zero-order valence-electron chi connectivity index (χ0n) is 23.1. The standard InChI is InChI=1S/C28H28F6N6O3/c1-36-21(16-7-8-16)20(22(35)41-2)24-37-11-18(43-14-26(9-10-26)28(32,33)34)25(40-24)42-13-15-3-5-17(6-4-15)23-38-12-19(39-23)27(29,30)31/h3-6,11-12,16H,7-10,13-14,35H2,1-2H3,(H,38,39). The van der Waals surface area contributed by atoms with Gasteiger partial charge in [-0.25, -0.2) is 9.97 Å². The van der Waals surface area contributed by atoms with Gasteiger partial charge in [0.2, 0.25) is 0 Å². The van der Waals surface area contributed by atoms with Crippen LogP contribution in [-0.2, 0) is 17.5 Å². The molecular formula is C28H28F6N6O3. The summed E-state index contributed by atoms with van der Waals surface area (Å²) < 4.78 is 96.1. The van der Waals surface area contributed by atoms with Gasteiger partial charge in [-0.2, -0.15) is 31.3 Å². The fourth-order valence-corrected chi connectivity index (χ4v) is 4.39. The lowest BCUT2D eigenvalue weighted by Crippen LogP contribution is -2.30. The van der Waals surface area contributed by atoms with E-state index in [1.165, 1.54) is 13.3 Å². The van der Waals surface area contributed by atoms with Crippen molar-refractivity contribution in [2.24, 2.45) is 22.1 Å². The number of imidazole rings is 1. The summed E-state index contributed by atoms with van der Waals surface area (Å²) in [7, 11) is 2.99. The van der Waals surface area contributed by atoms with Crippen LogP contribution in [0.15, 0.2) is 47.5 Å². The number of nitrogens with one attached hydrogen (secondary N) is 1. The lowest BCUT2D eigenvalue weighted by Gasteiger charge is -2.20. The largest absolute Gasteiger partial charge is 0.486 e.